The maximum Gasteiger partial charge on any atom is 0.160 e. The molecular weight excluding hydrogens is 224 g/mol. The average Bonchev–Trinajstić information content (AvgIpc) is 2.54. The highest BCUT2D eigenvalue weighted by molar-refractivity contribution is 6.31. The standard InChI is InChI=1S/C11H15ClN4/c1-3-9(13)6-16-7(2)15-10-4-8(12)5-14-11(10)16/h4-5,9H,3,6,13H2,1-2H3. The first-order valence-electron chi connectivity index (χ1n) is 5.35. The van der Waals surface area contributed by atoms with Gasteiger partial charge in [0.1, 0.15) is 11.3 Å². The summed E-state index contributed by atoms with van der Waals surface area (Å²) in [5, 5.41) is 0.608. The van der Waals surface area contributed by atoms with Crippen molar-refractivity contribution in [1.29, 1.82) is 0 Å². The lowest BCUT2D eigenvalue weighted by Gasteiger charge is -2.11. The molecule has 2 aromatic rings. The highest BCUT2D eigenvalue weighted by atomic mass is 35.5. The van der Waals surface area contributed by atoms with E-state index in [1.165, 1.54) is 0 Å². The predicted octanol–water partition coefficient (Wildman–Crippen LogP) is 2.13. The highest BCUT2D eigenvalue weighted by Crippen LogP contribution is 2.18. The van der Waals surface area contributed by atoms with Crippen molar-refractivity contribution < 1.29 is 0 Å². The summed E-state index contributed by atoms with van der Waals surface area (Å²) in [6.07, 6.45) is 2.58. The molecule has 0 spiro atoms. The van der Waals surface area contributed by atoms with E-state index in [1.807, 2.05) is 17.6 Å². The number of pyridine rings is 1. The van der Waals surface area contributed by atoms with Gasteiger partial charge in [0, 0.05) is 18.8 Å². The number of aromatic nitrogens is 3. The molecule has 86 valence electrons. The van der Waals surface area contributed by atoms with Crippen LogP contribution in [0.4, 0.5) is 0 Å². The van der Waals surface area contributed by atoms with E-state index in [0.717, 1.165) is 30.0 Å². The van der Waals surface area contributed by atoms with Crippen LogP contribution in [0, 0.1) is 6.92 Å². The molecular formula is C11H15ClN4. The topological polar surface area (TPSA) is 56.7 Å². The zero-order valence-corrected chi connectivity index (χ0v) is 10.2. The summed E-state index contributed by atoms with van der Waals surface area (Å²) in [4.78, 5) is 8.72. The van der Waals surface area contributed by atoms with Gasteiger partial charge in [0.25, 0.3) is 0 Å². The second-order valence-electron chi connectivity index (χ2n) is 3.93. The lowest BCUT2D eigenvalue weighted by Crippen LogP contribution is -2.25. The summed E-state index contributed by atoms with van der Waals surface area (Å²) < 4.78 is 2.04. The third-order valence-electron chi connectivity index (χ3n) is 2.68. The zero-order chi connectivity index (χ0) is 11.7. The molecule has 0 aliphatic carbocycles. The molecule has 0 saturated heterocycles. The van der Waals surface area contributed by atoms with Gasteiger partial charge in [-0.3, -0.25) is 0 Å². The van der Waals surface area contributed by atoms with Gasteiger partial charge in [0.2, 0.25) is 0 Å². The van der Waals surface area contributed by atoms with Gasteiger partial charge in [-0.2, -0.15) is 0 Å². The van der Waals surface area contributed by atoms with E-state index in [4.69, 9.17) is 17.3 Å². The maximum atomic E-state index is 5.95. The highest BCUT2D eigenvalue weighted by Gasteiger charge is 2.11. The smallest absolute Gasteiger partial charge is 0.160 e. The second kappa shape index (κ2) is 4.39. The molecule has 0 bridgehead atoms. The first-order chi connectivity index (χ1) is 7.61. The van der Waals surface area contributed by atoms with Gasteiger partial charge in [0.15, 0.2) is 5.65 Å². The van der Waals surface area contributed by atoms with E-state index in [2.05, 4.69) is 16.9 Å². The Labute approximate surface area is 99.4 Å². The Kier molecular flexibility index (Phi) is 3.12. The van der Waals surface area contributed by atoms with Crippen LogP contribution in [-0.4, -0.2) is 20.6 Å². The molecule has 0 fully saturated rings. The van der Waals surface area contributed by atoms with Crippen LogP contribution in [0.5, 0.6) is 0 Å². The Morgan fingerprint density at radius 3 is 3.00 bits per heavy atom. The number of hydrogen-bond acceptors (Lipinski definition) is 3. The normalized spacial score (nSPS) is 13.2. The number of aryl methyl sites for hydroxylation is 1. The molecule has 5 heteroatoms. The van der Waals surface area contributed by atoms with E-state index in [-0.39, 0.29) is 6.04 Å². The van der Waals surface area contributed by atoms with Crippen LogP contribution in [0.15, 0.2) is 12.3 Å². The zero-order valence-electron chi connectivity index (χ0n) is 9.44. The van der Waals surface area contributed by atoms with Crippen LogP contribution >= 0.6 is 11.6 Å². The van der Waals surface area contributed by atoms with Gasteiger partial charge in [-0.25, -0.2) is 9.97 Å². The lowest BCUT2D eigenvalue weighted by molar-refractivity contribution is 0.537. The molecule has 16 heavy (non-hydrogen) atoms. The van der Waals surface area contributed by atoms with Crippen LogP contribution in [0.3, 0.4) is 0 Å². The van der Waals surface area contributed by atoms with Crippen molar-refractivity contribution in [1.82, 2.24) is 14.5 Å². The van der Waals surface area contributed by atoms with Gasteiger partial charge in [0.05, 0.1) is 5.02 Å². The quantitative estimate of drug-likeness (QED) is 0.891. The van der Waals surface area contributed by atoms with Crippen molar-refractivity contribution in [3.05, 3.63) is 23.1 Å². The van der Waals surface area contributed by atoms with Gasteiger partial charge in [-0.05, 0) is 19.4 Å². The summed E-state index contributed by atoms with van der Waals surface area (Å²) in [5.74, 6) is 0.925. The minimum Gasteiger partial charge on any atom is -0.326 e. The number of rotatable bonds is 3. The number of nitrogens with two attached hydrogens (primary N) is 1. The van der Waals surface area contributed by atoms with Gasteiger partial charge >= 0.3 is 0 Å². The predicted molar refractivity (Wildman–Crippen MR) is 65.5 cm³/mol. The summed E-state index contributed by atoms with van der Waals surface area (Å²) in [5.41, 5.74) is 7.63. The molecule has 2 aromatic heterocycles. The molecule has 0 aliphatic rings. The molecule has 1 unspecified atom stereocenters. The van der Waals surface area contributed by atoms with Crippen molar-refractivity contribution in [2.24, 2.45) is 5.73 Å². The third-order valence-corrected chi connectivity index (χ3v) is 2.89. The van der Waals surface area contributed by atoms with Crippen molar-refractivity contribution >= 4 is 22.8 Å². The van der Waals surface area contributed by atoms with Crippen LogP contribution in [0.1, 0.15) is 19.2 Å². The summed E-state index contributed by atoms with van der Waals surface area (Å²) >= 11 is 5.88. The fourth-order valence-corrected chi connectivity index (χ4v) is 1.83. The molecule has 0 saturated carbocycles. The maximum absolute atomic E-state index is 5.95. The summed E-state index contributed by atoms with van der Waals surface area (Å²) in [6.45, 7) is 4.77. The van der Waals surface area contributed by atoms with Crippen molar-refractivity contribution in [3.63, 3.8) is 0 Å². The number of nitrogens with zero attached hydrogens (tertiary/aromatic N) is 3. The second-order valence-corrected chi connectivity index (χ2v) is 4.37. The number of fused-ring (bicyclic) bond motifs is 1. The Hall–Kier alpha value is -1.13. The van der Waals surface area contributed by atoms with Gasteiger partial charge in [-0.15, -0.1) is 0 Å². The minimum absolute atomic E-state index is 0.133. The minimum atomic E-state index is 0.133. The SMILES string of the molecule is CCC(N)Cn1c(C)nc2cc(Cl)cnc21. The first-order valence-corrected chi connectivity index (χ1v) is 5.73. The largest absolute Gasteiger partial charge is 0.326 e. The molecule has 0 radical (unpaired) electrons. The molecule has 1 atom stereocenters. The summed E-state index contributed by atoms with van der Waals surface area (Å²) in [6, 6.07) is 1.96. The number of halogens is 1. The molecule has 0 aromatic carbocycles. The van der Waals surface area contributed by atoms with Crippen LogP contribution in [-0.2, 0) is 6.54 Å². The van der Waals surface area contributed by atoms with Crippen molar-refractivity contribution in [3.8, 4) is 0 Å². The third kappa shape index (κ3) is 2.03. The molecule has 0 aliphatic heterocycles. The average molecular weight is 239 g/mol. The molecule has 2 heterocycles. The first kappa shape index (κ1) is 11.4. The monoisotopic (exact) mass is 238 g/mol. The van der Waals surface area contributed by atoms with E-state index in [1.54, 1.807) is 6.20 Å². The van der Waals surface area contributed by atoms with E-state index in [9.17, 15) is 0 Å². The van der Waals surface area contributed by atoms with E-state index >= 15 is 0 Å². The van der Waals surface area contributed by atoms with E-state index in [0.29, 0.717) is 5.02 Å². The Morgan fingerprint density at radius 2 is 2.31 bits per heavy atom. The Morgan fingerprint density at radius 1 is 1.56 bits per heavy atom. The van der Waals surface area contributed by atoms with Crippen molar-refractivity contribution in [2.45, 2.75) is 32.9 Å². The lowest BCUT2D eigenvalue weighted by atomic mass is 10.2. The Balaban J connectivity index is 2.47. The van der Waals surface area contributed by atoms with Crippen LogP contribution in [0.2, 0.25) is 5.02 Å². The van der Waals surface area contributed by atoms with Gasteiger partial charge in [-0.1, -0.05) is 18.5 Å². The van der Waals surface area contributed by atoms with Gasteiger partial charge < -0.3 is 10.3 Å². The molecule has 2 rings (SSSR count). The van der Waals surface area contributed by atoms with Crippen molar-refractivity contribution in [2.75, 3.05) is 0 Å². The van der Waals surface area contributed by atoms with Crippen LogP contribution in [0.25, 0.3) is 11.2 Å². The fraction of sp³-hybridized carbons (Fsp3) is 0.455. The van der Waals surface area contributed by atoms with E-state index < -0.39 is 0 Å². The fourth-order valence-electron chi connectivity index (χ4n) is 1.68. The van der Waals surface area contributed by atoms with Crippen LogP contribution < -0.4 is 5.73 Å². The molecule has 0 amide bonds. The Bertz CT molecular complexity index is 506. The summed E-state index contributed by atoms with van der Waals surface area (Å²) in [7, 11) is 0. The molecule has 4 nitrogen and oxygen atoms in total. The number of imidazole rings is 1. The number of hydrogen-bond donors (Lipinski definition) is 1. The molecule has 2 N–H and O–H groups in total.